The first-order valence-electron chi connectivity index (χ1n) is 5.92. The number of amides is 2. The normalized spacial score (nSPS) is 18.4. The van der Waals surface area contributed by atoms with Crippen molar-refractivity contribution < 1.29 is 14.7 Å². The maximum atomic E-state index is 11.4. The first-order chi connectivity index (χ1) is 8.09. The molecule has 0 aromatic rings. The molecule has 6 heteroatoms. The molecular formula is C11H20N2O3S. The average Bonchev–Trinajstić information content (AvgIpc) is 2.34. The molecular weight excluding hydrogens is 240 g/mol. The van der Waals surface area contributed by atoms with Crippen LogP contribution in [-0.2, 0) is 4.79 Å². The zero-order valence-corrected chi connectivity index (χ0v) is 10.9. The quantitative estimate of drug-likeness (QED) is 0.693. The van der Waals surface area contributed by atoms with Gasteiger partial charge in [-0.15, -0.1) is 0 Å². The molecule has 1 aliphatic rings. The third kappa shape index (κ3) is 5.81. The van der Waals surface area contributed by atoms with Gasteiger partial charge in [0.25, 0.3) is 0 Å². The van der Waals surface area contributed by atoms with Gasteiger partial charge in [-0.1, -0.05) is 6.92 Å². The summed E-state index contributed by atoms with van der Waals surface area (Å²) in [6.07, 6.45) is 2.30. The van der Waals surface area contributed by atoms with Gasteiger partial charge < -0.3 is 15.7 Å². The number of hydrogen-bond donors (Lipinski definition) is 3. The molecule has 1 heterocycles. The minimum atomic E-state index is -0.894. The number of urea groups is 1. The number of carbonyl (C=O) groups is 2. The molecule has 1 fully saturated rings. The molecule has 5 nitrogen and oxygen atoms in total. The lowest BCUT2D eigenvalue weighted by atomic mass is 10.0. The second kappa shape index (κ2) is 7.42. The Morgan fingerprint density at radius 3 is 2.59 bits per heavy atom. The average molecular weight is 260 g/mol. The van der Waals surface area contributed by atoms with Crippen LogP contribution in [0.2, 0.25) is 0 Å². The van der Waals surface area contributed by atoms with Crippen molar-refractivity contribution in [3.8, 4) is 0 Å². The Balaban J connectivity index is 2.10. The lowest BCUT2D eigenvalue weighted by Gasteiger charge is -2.21. The van der Waals surface area contributed by atoms with E-state index in [0.29, 0.717) is 12.5 Å². The van der Waals surface area contributed by atoms with Gasteiger partial charge in [0.1, 0.15) is 0 Å². The summed E-state index contributed by atoms with van der Waals surface area (Å²) in [5.41, 5.74) is 0. The second-order valence-corrected chi connectivity index (χ2v) is 5.61. The minimum absolute atomic E-state index is 0.168. The molecule has 1 atom stereocenters. The first-order valence-corrected chi connectivity index (χ1v) is 7.07. The van der Waals surface area contributed by atoms with Crippen LogP contribution in [0, 0.1) is 11.8 Å². The Kier molecular flexibility index (Phi) is 6.18. The summed E-state index contributed by atoms with van der Waals surface area (Å²) < 4.78 is 0. The number of carboxylic acid groups (broad SMARTS) is 1. The highest BCUT2D eigenvalue weighted by Crippen LogP contribution is 2.21. The summed E-state index contributed by atoms with van der Waals surface area (Å²) in [5.74, 6) is 1.47. The van der Waals surface area contributed by atoms with Gasteiger partial charge in [0.2, 0.25) is 0 Å². The summed E-state index contributed by atoms with van der Waals surface area (Å²) in [4.78, 5) is 21.9. The highest BCUT2D eigenvalue weighted by Gasteiger charge is 2.15. The molecule has 1 rings (SSSR count). The standard InChI is InChI=1S/C11H20N2O3S/c1-8(10(14)15)6-12-11(16)13-7-9-2-4-17-5-3-9/h8-9H,2-7H2,1H3,(H,14,15)(H2,12,13,16). The summed E-state index contributed by atoms with van der Waals surface area (Å²) in [5, 5.41) is 14.0. The molecule has 98 valence electrons. The predicted octanol–water partition coefficient (Wildman–Crippen LogP) is 1.15. The molecule has 0 radical (unpaired) electrons. The first kappa shape index (κ1) is 14.2. The van der Waals surface area contributed by atoms with Crippen molar-refractivity contribution in [1.29, 1.82) is 0 Å². The van der Waals surface area contributed by atoms with Gasteiger partial charge in [0, 0.05) is 13.1 Å². The molecule has 17 heavy (non-hydrogen) atoms. The Hall–Kier alpha value is -0.910. The number of carbonyl (C=O) groups excluding carboxylic acids is 1. The molecule has 0 aromatic heterocycles. The van der Waals surface area contributed by atoms with Crippen LogP contribution in [-0.4, -0.2) is 41.7 Å². The third-order valence-electron chi connectivity index (χ3n) is 2.88. The molecule has 0 bridgehead atoms. The fraction of sp³-hybridized carbons (Fsp3) is 0.818. The van der Waals surface area contributed by atoms with E-state index in [1.807, 2.05) is 11.8 Å². The SMILES string of the molecule is CC(CNC(=O)NCC1CCSCC1)C(=O)O. The van der Waals surface area contributed by atoms with Crippen molar-refractivity contribution in [2.24, 2.45) is 11.8 Å². The Bertz CT molecular complexity index is 267. The summed E-state index contributed by atoms with van der Waals surface area (Å²) >= 11 is 1.96. The summed E-state index contributed by atoms with van der Waals surface area (Å²) in [6.45, 7) is 2.43. The molecule has 2 amide bonds. The van der Waals surface area contributed by atoms with Crippen molar-refractivity contribution >= 4 is 23.8 Å². The van der Waals surface area contributed by atoms with Gasteiger partial charge in [0.05, 0.1) is 5.92 Å². The van der Waals surface area contributed by atoms with Crippen LogP contribution in [0.25, 0.3) is 0 Å². The highest BCUT2D eigenvalue weighted by atomic mass is 32.2. The van der Waals surface area contributed by atoms with Crippen LogP contribution in [0.4, 0.5) is 4.79 Å². The van der Waals surface area contributed by atoms with Crippen LogP contribution in [0.5, 0.6) is 0 Å². The Labute approximate surface area is 106 Å². The molecule has 1 unspecified atom stereocenters. The second-order valence-electron chi connectivity index (χ2n) is 4.39. The van der Waals surface area contributed by atoms with Crippen molar-refractivity contribution in [3.63, 3.8) is 0 Å². The molecule has 3 N–H and O–H groups in total. The van der Waals surface area contributed by atoms with E-state index < -0.39 is 11.9 Å². The molecule has 1 aliphatic heterocycles. The van der Waals surface area contributed by atoms with E-state index in [4.69, 9.17) is 5.11 Å². The van der Waals surface area contributed by atoms with E-state index in [9.17, 15) is 9.59 Å². The Morgan fingerprint density at radius 1 is 1.35 bits per heavy atom. The number of carboxylic acids is 1. The monoisotopic (exact) mass is 260 g/mol. The fourth-order valence-corrected chi connectivity index (χ4v) is 2.79. The molecule has 0 aromatic carbocycles. The topological polar surface area (TPSA) is 78.4 Å². The van der Waals surface area contributed by atoms with E-state index in [2.05, 4.69) is 10.6 Å². The minimum Gasteiger partial charge on any atom is -0.481 e. The van der Waals surface area contributed by atoms with Gasteiger partial charge in [0.15, 0.2) is 0 Å². The van der Waals surface area contributed by atoms with E-state index in [1.165, 1.54) is 11.5 Å². The number of hydrogen-bond acceptors (Lipinski definition) is 3. The van der Waals surface area contributed by atoms with Crippen LogP contribution >= 0.6 is 11.8 Å². The number of aliphatic carboxylic acids is 1. The summed E-state index contributed by atoms with van der Waals surface area (Å²) in [6, 6.07) is -0.267. The van der Waals surface area contributed by atoms with Crippen LogP contribution < -0.4 is 10.6 Å². The van der Waals surface area contributed by atoms with Crippen molar-refractivity contribution in [2.75, 3.05) is 24.6 Å². The smallest absolute Gasteiger partial charge is 0.314 e. The number of nitrogens with one attached hydrogen (secondary N) is 2. The molecule has 0 aliphatic carbocycles. The number of rotatable bonds is 5. The van der Waals surface area contributed by atoms with Gasteiger partial charge in [-0.2, -0.15) is 11.8 Å². The van der Waals surface area contributed by atoms with E-state index >= 15 is 0 Å². The molecule has 1 saturated heterocycles. The maximum Gasteiger partial charge on any atom is 0.314 e. The van der Waals surface area contributed by atoms with Gasteiger partial charge >= 0.3 is 12.0 Å². The largest absolute Gasteiger partial charge is 0.481 e. The highest BCUT2D eigenvalue weighted by molar-refractivity contribution is 7.99. The zero-order chi connectivity index (χ0) is 12.7. The van der Waals surface area contributed by atoms with E-state index in [1.54, 1.807) is 6.92 Å². The molecule has 0 spiro atoms. The van der Waals surface area contributed by atoms with E-state index in [0.717, 1.165) is 12.8 Å². The van der Waals surface area contributed by atoms with E-state index in [-0.39, 0.29) is 12.6 Å². The molecule has 0 saturated carbocycles. The zero-order valence-electron chi connectivity index (χ0n) is 10.1. The third-order valence-corrected chi connectivity index (χ3v) is 3.93. The summed E-state index contributed by atoms with van der Waals surface area (Å²) in [7, 11) is 0. The van der Waals surface area contributed by atoms with Gasteiger partial charge in [-0.3, -0.25) is 4.79 Å². The number of thioether (sulfide) groups is 1. The van der Waals surface area contributed by atoms with Gasteiger partial charge in [-0.25, -0.2) is 4.79 Å². The maximum absolute atomic E-state index is 11.4. The lowest BCUT2D eigenvalue weighted by molar-refractivity contribution is -0.140. The van der Waals surface area contributed by atoms with Gasteiger partial charge in [-0.05, 0) is 30.3 Å². The van der Waals surface area contributed by atoms with Crippen molar-refractivity contribution in [3.05, 3.63) is 0 Å². The lowest BCUT2D eigenvalue weighted by Crippen LogP contribution is -2.41. The fourth-order valence-electron chi connectivity index (χ4n) is 1.58. The van der Waals surface area contributed by atoms with Crippen LogP contribution in [0.15, 0.2) is 0 Å². The predicted molar refractivity (Wildman–Crippen MR) is 68.3 cm³/mol. The Morgan fingerprint density at radius 2 is 2.00 bits per heavy atom. The van der Waals surface area contributed by atoms with Crippen LogP contribution in [0.1, 0.15) is 19.8 Å². The van der Waals surface area contributed by atoms with Crippen molar-refractivity contribution in [1.82, 2.24) is 10.6 Å². The van der Waals surface area contributed by atoms with Crippen molar-refractivity contribution in [2.45, 2.75) is 19.8 Å². The van der Waals surface area contributed by atoms with Crippen LogP contribution in [0.3, 0.4) is 0 Å².